The zero-order valence-corrected chi connectivity index (χ0v) is 18.5. The highest BCUT2D eigenvalue weighted by molar-refractivity contribution is 6.13. The lowest BCUT2D eigenvalue weighted by Gasteiger charge is -2.31. The molecule has 0 saturated heterocycles. The summed E-state index contributed by atoms with van der Waals surface area (Å²) in [5, 5.41) is 2.04. The monoisotopic (exact) mass is 433 g/mol. The lowest BCUT2D eigenvalue weighted by atomic mass is 9.69. The minimum absolute atomic E-state index is 0.0119. The SMILES string of the molecule is COC(=O)C1(c2cccc3ccccc23)CC2(C(=O)N(C)c3ccccc32)c2ccccc21. The fourth-order valence-electron chi connectivity index (χ4n) is 6.19. The van der Waals surface area contributed by atoms with Gasteiger partial charge in [0.1, 0.15) is 10.8 Å². The molecule has 0 bridgehead atoms. The summed E-state index contributed by atoms with van der Waals surface area (Å²) in [5.74, 6) is -0.356. The molecule has 4 nitrogen and oxygen atoms in total. The molecular formula is C29H23NO3. The Morgan fingerprint density at radius 1 is 0.788 bits per heavy atom. The van der Waals surface area contributed by atoms with Gasteiger partial charge in [-0.25, -0.2) is 0 Å². The van der Waals surface area contributed by atoms with Crippen molar-refractivity contribution in [3.05, 3.63) is 113 Å². The number of ether oxygens (including phenoxy) is 1. The second-order valence-corrected chi connectivity index (χ2v) is 8.93. The molecule has 2 aliphatic rings. The topological polar surface area (TPSA) is 46.6 Å². The van der Waals surface area contributed by atoms with E-state index in [1.165, 1.54) is 7.11 Å². The summed E-state index contributed by atoms with van der Waals surface area (Å²) in [6.45, 7) is 0. The molecule has 0 fully saturated rings. The molecule has 4 aromatic rings. The maximum atomic E-state index is 14.0. The van der Waals surface area contributed by atoms with Crippen LogP contribution in [0, 0.1) is 0 Å². The quantitative estimate of drug-likeness (QED) is 0.420. The first-order valence-electron chi connectivity index (χ1n) is 11.1. The average molecular weight is 434 g/mol. The summed E-state index contributed by atoms with van der Waals surface area (Å²) >= 11 is 0. The molecule has 1 heterocycles. The van der Waals surface area contributed by atoms with Crippen molar-refractivity contribution in [2.24, 2.45) is 0 Å². The Morgan fingerprint density at radius 3 is 2.18 bits per heavy atom. The molecule has 2 atom stereocenters. The van der Waals surface area contributed by atoms with Gasteiger partial charge in [0.05, 0.1) is 7.11 Å². The lowest BCUT2D eigenvalue weighted by Crippen LogP contribution is -2.43. The molecule has 0 saturated carbocycles. The zero-order chi connectivity index (χ0) is 22.8. The minimum Gasteiger partial charge on any atom is -0.468 e. The van der Waals surface area contributed by atoms with Gasteiger partial charge in [-0.05, 0) is 45.5 Å². The van der Waals surface area contributed by atoms with Gasteiger partial charge in [0.25, 0.3) is 0 Å². The number of amides is 1. The molecule has 0 aromatic heterocycles. The number of esters is 1. The predicted molar refractivity (Wildman–Crippen MR) is 128 cm³/mol. The number of hydrogen-bond donors (Lipinski definition) is 0. The largest absolute Gasteiger partial charge is 0.468 e. The summed E-state index contributed by atoms with van der Waals surface area (Å²) in [5.41, 5.74) is 2.35. The van der Waals surface area contributed by atoms with Crippen LogP contribution in [0.4, 0.5) is 5.69 Å². The molecule has 4 aromatic carbocycles. The summed E-state index contributed by atoms with van der Waals surface area (Å²) in [4.78, 5) is 29.6. The molecule has 1 amide bonds. The molecule has 4 heteroatoms. The average Bonchev–Trinajstić information content (AvgIpc) is 3.30. The summed E-state index contributed by atoms with van der Waals surface area (Å²) in [6, 6.07) is 29.9. The van der Waals surface area contributed by atoms with Crippen LogP contribution >= 0.6 is 0 Å². The van der Waals surface area contributed by atoms with Crippen LogP contribution in [0.3, 0.4) is 0 Å². The third-order valence-electron chi connectivity index (χ3n) is 7.56. The molecule has 6 rings (SSSR count). The second-order valence-electron chi connectivity index (χ2n) is 8.93. The highest BCUT2D eigenvalue weighted by atomic mass is 16.5. The Balaban J connectivity index is 1.75. The van der Waals surface area contributed by atoms with Crippen LogP contribution in [0.1, 0.15) is 28.7 Å². The van der Waals surface area contributed by atoms with Gasteiger partial charge >= 0.3 is 5.97 Å². The Bertz CT molecular complexity index is 1450. The summed E-state index contributed by atoms with van der Waals surface area (Å²) in [7, 11) is 3.24. The predicted octanol–water partition coefficient (Wildman–Crippen LogP) is 4.97. The highest BCUT2D eigenvalue weighted by Gasteiger charge is 2.65. The Kier molecular flexibility index (Phi) is 4.06. The molecule has 1 aliphatic heterocycles. The Hall–Kier alpha value is -3.92. The van der Waals surface area contributed by atoms with Crippen LogP contribution in [0.25, 0.3) is 10.8 Å². The maximum absolute atomic E-state index is 14.0. The van der Waals surface area contributed by atoms with Crippen LogP contribution in [-0.2, 0) is 25.2 Å². The molecule has 2 unspecified atom stereocenters. The first-order valence-corrected chi connectivity index (χ1v) is 11.1. The standard InChI is InChI=1S/C29H23NO3/c1-30-25-17-8-7-15-24(25)28(26(30)31)18-29(27(32)33-2,23-14-6-5-13-22(23)28)21-16-9-11-19-10-3-4-12-20(19)21/h3-17H,18H2,1-2H3. The number of carbonyl (C=O) groups excluding carboxylic acids is 2. The van der Waals surface area contributed by atoms with E-state index in [4.69, 9.17) is 4.74 Å². The van der Waals surface area contributed by atoms with Crippen LogP contribution in [-0.4, -0.2) is 26.0 Å². The van der Waals surface area contributed by atoms with Crippen molar-refractivity contribution in [1.82, 2.24) is 0 Å². The van der Waals surface area contributed by atoms with Crippen molar-refractivity contribution < 1.29 is 14.3 Å². The number of anilines is 1. The van der Waals surface area contributed by atoms with E-state index >= 15 is 0 Å². The minimum atomic E-state index is -1.11. The van der Waals surface area contributed by atoms with Crippen molar-refractivity contribution in [1.29, 1.82) is 0 Å². The van der Waals surface area contributed by atoms with E-state index in [1.54, 1.807) is 4.90 Å². The highest BCUT2D eigenvalue weighted by Crippen LogP contribution is 2.61. The van der Waals surface area contributed by atoms with Gasteiger partial charge in [-0.2, -0.15) is 0 Å². The van der Waals surface area contributed by atoms with Crippen molar-refractivity contribution >= 4 is 28.3 Å². The van der Waals surface area contributed by atoms with Gasteiger partial charge in [0, 0.05) is 12.7 Å². The van der Waals surface area contributed by atoms with E-state index in [0.29, 0.717) is 6.42 Å². The second kappa shape index (κ2) is 6.79. The van der Waals surface area contributed by atoms with Crippen molar-refractivity contribution in [2.75, 3.05) is 19.1 Å². The van der Waals surface area contributed by atoms with Gasteiger partial charge in [0.2, 0.25) is 5.91 Å². The van der Waals surface area contributed by atoms with E-state index in [-0.39, 0.29) is 11.9 Å². The number of rotatable bonds is 2. The lowest BCUT2D eigenvalue weighted by molar-refractivity contribution is -0.146. The van der Waals surface area contributed by atoms with Crippen molar-refractivity contribution in [2.45, 2.75) is 17.3 Å². The molecule has 162 valence electrons. The molecule has 33 heavy (non-hydrogen) atoms. The number of carbonyl (C=O) groups is 2. The van der Waals surface area contributed by atoms with Gasteiger partial charge in [-0.15, -0.1) is 0 Å². The third kappa shape index (κ3) is 2.30. The smallest absolute Gasteiger partial charge is 0.320 e. The number of fused-ring (bicyclic) bond motifs is 5. The normalized spacial score (nSPS) is 23.1. The molecule has 0 N–H and O–H groups in total. The molecule has 0 radical (unpaired) electrons. The van der Waals surface area contributed by atoms with Gasteiger partial charge < -0.3 is 9.64 Å². The van der Waals surface area contributed by atoms with E-state index in [0.717, 1.165) is 38.7 Å². The van der Waals surface area contributed by atoms with E-state index in [2.05, 4.69) is 0 Å². The Labute approximate surface area is 192 Å². The van der Waals surface area contributed by atoms with E-state index < -0.39 is 10.8 Å². The van der Waals surface area contributed by atoms with Crippen LogP contribution in [0.2, 0.25) is 0 Å². The van der Waals surface area contributed by atoms with Gasteiger partial charge in [0.15, 0.2) is 0 Å². The van der Waals surface area contributed by atoms with Crippen LogP contribution in [0.15, 0.2) is 91.0 Å². The van der Waals surface area contributed by atoms with Gasteiger partial charge in [-0.3, -0.25) is 9.59 Å². The fourth-order valence-corrected chi connectivity index (χ4v) is 6.19. The Morgan fingerprint density at radius 2 is 1.39 bits per heavy atom. The van der Waals surface area contributed by atoms with Gasteiger partial charge in [-0.1, -0.05) is 84.9 Å². The third-order valence-corrected chi connectivity index (χ3v) is 7.56. The fraction of sp³-hybridized carbons (Fsp3) is 0.172. The van der Waals surface area contributed by atoms with Crippen LogP contribution < -0.4 is 4.90 Å². The van der Waals surface area contributed by atoms with Crippen molar-refractivity contribution in [3.63, 3.8) is 0 Å². The zero-order valence-electron chi connectivity index (χ0n) is 18.5. The maximum Gasteiger partial charge on any atom is 0.320 e. The van der Waals surface area contributed by atoms with Crippen LogP contribution in [0.5, 0.6) is 0 Å². The molecule has 1 aliphatic carbocycles. The van der Waals surface area contributed by atoms with E-state index in [9.17, 15) is 9.59 Å². The molecule has 1 spiro atoms. The number of nitrogens with zero attached hydrogens (tertiary/aromatic N) is 1. The molecular weight excluding hydrogens is 410 g/mol. The number of hydrogen-bond acceptors (Lipinski definition) is 3. The van der Waals surface area contributed by atoms with E-state index in [1.807, 2.05) is 98.0 Å². The number of likely N-dealkylation sites (N-methyl/N-ethyl adjacent to an activating group) is 1. The first-order chi connectivity index (χ1) is 16.1. The summed E-state index contributed by atoms with van der Waals surface area (Å²) in [6.07, 6.45) is 0.292. The first kappa shape index (κ1) is 19.7. The number of methoxy groups -OCH3 is 1. The number of para-hydroxylation sites is 1. The number of benzene rings is 4. The van der Waals surface area contributed by atoms with Crippen molar-refractivity contribution in [3.8, 4) is 0 Å². The summed E-state index contributed by atoms with van der Waals surface area (Å²) < 4.78 is 5.49.